The molecule has 1 N–H and O–H groups in total. The summed E-state index contributed by atoms with van der Waals surface area (Å²) in [5, 5.41) is 3.48. The van der Waals surface area contributed by atoms with E-state index in [-0.39, 0.29) is 28.9 Å². The number of hydrogen-bond acceptors (Lipinski definition) is 3. The van der Waals surface area contributed by atoms with Crippen molar-refractivity contribution in [1.82, 2.24) is 0 Å². The standard InChI is InChI=1S/C38H55NO2/c1-25(2)11-7-9-13-27-16-18-29-28-17-20-33-36(3,4)34(22-24-38(33,6)30(28)21-23-37(27,29)5)41-35(40)32-19-15-26-12-8-10-14-31(26)39-32/h8,10-12,14,27,29,32-34,39H,7,9,13,15-24H2,1-6H3. The molecule has 41 heavy (non-hydrogen) atoms. The van der Waals surface area contributed by atoms with Gasteiger partial charge >= 0.3 is 5.97 Å². The number of fused-ring (bicyclic) bond motifs is 5. The van der Waals surface area contributed by atoms with Gasteiger partial charge in [0.05, 0.1) is 0 Å². The maximum atomic E-state index is 13.5. The zero-order valence-corrected chi connectivity index (χ0v) is 26.8. The largest absolute Gasteiger partial charge is 0.460 e. The van der Waals surface area contributed by atoms with Crippen LogP contribution in [-0.2, 0) is 16.0 Å². The molecular weight excluding hydrogens is 502 g/mol. The zero-order valence-electron chi connectivity index (χ0n) is 26.8. The third kappa shape index (κ3) is 5.02. The highest BCUT2D eigenvalue weighted by Crippen LogP contribution is 2.67. The van der Waals surface area contributed by atoms with Gasteiger partial charge in [0.2, 0.25) is 0 Å². The second kappa shape index (κ2) is 10.9. The molecule has 2 saturated carbocycles. The molecule has 0 radical (unpaired) electrons. The molecule has 0 amide bonds. The third-order valence-corrected chi connectivity index (χ3v) is 13.0. The monoisotopic (exact) mass is 557 g/mol. The van der Waals surface area contributed by atoms with Gasteiger partial charge in [0, 0.05) is 11.1 Å². The van der Waals surface area contributed by atoms with Crippen LogP contribution in [0.5, 0.6) is 0 Å². The molecule has 3 heteroatoms. The highest BCUT2D eigenvalue weighted by Gasteiger charge is 2.59. The Labute approximate surface area is 250 Å². The summed E-state index contributed by atoms with van der Waals surface area (Å²) in [6, 6.07) is 8.14. The van der Waals surface area contributed by atoms with Crippen molar-refractivity contribution in [2.75, 3.05) is 5.32 Å². The van der Waals surface area contributed by atoms with Crippen LogP contribution in [-0.4, -0.2) is 18.1 Å². The van der Waals surface area contributed by atoms with Crippen LogP contribution in [0.15, 0.2) is 47.1 Å². The topological polar surface area (TPSA) is 38.3 Å². The van der Waals surface area contributed by atoms with Crippen molar-refractivity contribution in [2.45, 2.75) is 137 Å². The quantitative estimate of drug-likeness (QED) is 0.215. The molecule has 0 aromatic heterocycles. The van der Waals surface area contributed by atoms with Gasteiger partial charge in [0.1, 0.15) is 12.1 Å². The number of unbranched alkanes of at least 4 members (excludes halogenated alkanes) is 1. The summed E-state index contributed by atoms with van der Waals surface area (Å²) >= 11 is 0. The van der Waals surface area contributed by atoms with E-state index in [9.17, 15) is 4.79 Å². The van der Waals surface area contributed by atoms with Crippen LogP contribution in [0.3, 0.4) is 0 Å². The third-order valence-electron chi connectivity index (χ3n) is 13.0. The average Bonchev–Trinajstić information content (AvgIpc) is 3.28. The number of esters is 1. The van der Waals surface area contributed by atoms with Crippen molar-refractivity contribution in [3.8, 4) is 0 Å². The van der Waals surface area contributed by atoms with Gasteiger partial charge in [0.15, 0.2) is 0 Å². The lowest BCUT2D eigenvalue weighted by atomic mass is 9.46. The minimum Gasteiger partial charge on any atom is -0.460 e. The first-order valence-corrected chi connectivity index (χ1v) is 16.9. The minimum absolute atomic E-state index is 0.000259. The Morgan fingerprint density at radius 3 is 2.59 bits per heavy atom. The molecule has 3 nitrogen and oxygen atoms in total. The molecule has 2 fully saturated rings. The molecule has 5 aliphatic rings. The minimum atomic E-state index is -0.233. The summed E-state index contributed by atoms with van der Waals surface area (Å²) in [6.07, 6.45) is 18.4. The number of nitrogens with one attached hydrogen (secondary N) is 1. The van der Waals surface area contributed by atoms with Crippen molar-refractivity contribution in [1.29, 1.82) is 0 Å². The van der Waals surface area contributed by atoms with Gasteiger partial charge in [-0.25, -0.2) is 4.79 Å². The smallest absolute Gasteiger partial charge is 0.328 e. The Hall–Kier alpha value is -2.03. The summed E-state index contributed by atoms with van der Waals surface area (Å²) in [4.78, 5) is 13.5. The molecule has 7 unspecified atom stereocenters. The number of rotatable bonds is 6. The number of hydrogen-bond donors (Lipinski definition) is 1. The lowest BCUT2D eigenvalue weighted by Crippen LogP contribution is -2.55. The summed E-state index contributed by atoms with van der Waals surface area (Å²) in [5.74, 6) is 2.22. The Bertz CT molecular complexity index is 1220. The van der Waals surface area contributed by atoms with Crippen LogP contribution >= 0.6 is 0 Å². The van der Waals surface area contributed by atoms with Crippen molar-refractivity contribution in [2.24, 2.45) is 34.0 Å². The highest BCUT2D eigenvalue weighted by molar-refractivity contribution is 5.81. The lowest BCUT2D eigenvalue weighted by Gasteiger charge is -2.60. The lowest BCUT2D eigenvalue weighted by molar-refractivity contribution is -0.170. The van der Waals surface area contributed by atoms with Crippen LogP contribution in [0, 0.1) is 34.0 Å². The second-order valence-corrected chi connectivity index (χ2v) is 15.7. The molecule has 6 rings (SSSR count). The van der Waals surface area contributed by atoms with Crippen molar-refractivity contribution in [3.63, 3.8) is 0 Å². The van der Waals surface area contributed by atoms with Crippen molar-refractivity contribution in [3.05, 3.63) is 52.6 Å². The van der Waals surface area contributed by atoms with Crippen LogP contribution in [0.1, 0.15) is 124 Å². The SMILES string of the molecule is CC(C)=CCCCC1CCC2C3=C(CCC12C)C1(C)CCC(OC(=O)C2CCc4ccccc4N2)C(C)(C)C1CC3. The number of ether oxygens (including phenoxy) is 1. The first kappa shape index (κ1) is 29.1. The Balaban J connectivity index is 1.15. The summed E-state index contributed by atoms with van der Waals surface area (Å²) < 4.78 is 6.43. The molecule has 0 bridgehead atoms. The molecule has 0 spiro atoms. The van der Waals surface area contributed by atoms with E-state index >= 15 is 0 Å². The number of carbonyl (C=O) groups excluding carboxylic acids is 1. The maximum Gasteiger partial charge on any atom is 0.328 e. The first-order chi connectivity index (χ1) is 19.5. The van der Waals surface area contributed by atoms with Gasteiger partial charge in [-0.3, -0.25) is 0 Å². The Morgan fingerprint density at radius 1 is 0.976 bits per heavy atom. The van der Waals surface area contributed by atoms with Crippen LogP contribution in [0.25, 0.3) is 0 Å². The van der Waals surface area contributed by atoms with Gasteiger partial charge in [0.25, 0.3) is 0 Å². The number of benzene rings is 1. The average molecular weight is 558 g/mol. The fourth-order valence-electron chi connectivity index (χ4n) is 10.7. The highest BCUT2D eigenvalue weighted by atomic mass is 16.5. The van der Waals surface area contributed by atoms with E-state index in [1.165, 1.54) is 68.9 Å². The molecule has 7 atom stereocenters. The van der Waals surface area contributed by atoms with Gasteiger partial charge in [-0.15, -0.1) is 0 Å². The van der Waals surface area contributed by atoms with Crippen LogP contribution < -0.4 is 5.32 Å². The van der Waals surface area contributed by atoms with Gasteiger partial charge in [-0.1, -0.05) is 68.7 Å². The predicted octanol–water partition coefficient (Wildman–Crippen LogP) is 9.82. The summed E-state index contributed by atoms with van der Waals surface area (Å²) in [7, 11) is 0. The van der Waals surface area contributed by atoms with Crippen molar-refractivity contribution < 1.29 is 9.53 Å². The first-order valence-electron chi connectivity index (χ1n) is 16.9. The van der Waals surface area contributed by atoms with E-state index in [4.69, 9.17) is 4.74 Å². The molecule has 1 aromatic carbocycles. The molecule has 4 aliphatic carbocycles. The zero-order chi connectivity index (χ0) is 29.0. The number of allylic oxidation sites excluding steroid dienone is 4. The van der Waals surface area contributed by atoms with Gasteiger partial charge in [-0.2, -0.15) is 0 Å². The molecule has 1 aromatic rings. The van der Waals surface area contributed by atoms with E-state index in [2.05, 4.69) is 71.1 Å². The van der Waals surface area contributed by atoms with E-state index in [1.807, 2.05) is 17.2 Å². The fraction of sp³-hybridized carbons (Fsp3) is 0.711. The fourth-order valence-corrected chi connectivity index (χ4v) is 10.7. The Kier molecular flexibility index (Phi) is 7.73. The predicted molar refractivity (Wildman–Crippen MR) is 170 cm³/mol. The number of para-hydroxylation sites is 1. The van der Waals surface area contributed by atoms with E-state index in [1.54, 1.807) is 0 Å². The molecule has 224 valence electrons. The maximum absolute atomic E-state index is 13.5. The van der Waals surface area contributed by atoms with Crippen LogP contribution in [0.2, 0.25) is 0 Å². The Morgan fingerprint density at radius 2 is 1.78 bits per heavy atom. The van der Waals surface area contributed by atoms with Gasteiger partial charge in [-0.05, 0) is 138 Å². The number of anilines is 1. The molecule has 1 heterocycles. The number of aryl methyl sites for hydroxylation is 1. The summed E-state index contributed by atoms with van der Waals surface area (Å²) in [6.45, 7) is 14.5. The summed E-state index contributed by atoms with van der Waals surface area (Å²) in [5.41, 5.74) is 8.31. The second-order valence-electron chi connectivity index (χ2n) is 15.7. The van der Waals surface area contributed by atoms with E-state index in [0.717, 1.165) is 43.2 Å². The van der Waals surface area contributed by atoms with E-state index in [0.29, 0.717) is 11.3 Å². The molecule has 0 saturated heterocycles. The normalized spacial score (nSPS) is 37.2. The van der Waals surface area contributed by atoms with E-state index < -0.39 is 0 Å². The number of carbonyl (C=O) groups is 1. The van der Waals surface area contributed by atoms with Gasteiger partial charge < -0.3 is 10.1 Å². The molecular formula is C38H55NO2. The molecule has 1 aliphatic heterocycles. The van der Waals surface area contributed by atoms with Crippen molar-refractivity contribution >= 4 is 11.7 Å². The van der Waals surface area contributed by atoms with Crippen LogP contribution in [0.4, 0.5) is 5.69 Å².